The van der Waals surface area contributed by atoms with E-state index in [2.05, 4.69) is 86.8 Å². The van der Waals surface area contributed by atoms with Gasteiger partial charge in [0.25, 0.3) is 7.82 Å². The van der Waals surface area contributed by atoms with Crippen molar-refractivity contribution in [3.63, 3.8) is 0 Å². The molecule has 9 nitrogen and oxygen atoms in total. The third kappa shape index (κ3) is 86.3. The topological polar surface area (TPSA) is 111 Å². The van der Waals surface area contributed by atoms with Crippen molar-refractivity contribution >= 4 is 19.8 Å². The van der Waals surface area contributed by atoms with E-state index in [-0.39, 0.29) is 32.0 Å². The molecule has 101 heavy (non-hydrogen) atoms. The highest BCUT2D eigenvalue weighted by molar-refractivity contribution is 7.45. The molecule has 0 heterocycles. The maximum atomic E-state index is 12.9. The van der Waals surface area contributed by atoms with E-state index < -0.39 is 26.5 Å². The number of carbonyl (C=O) groups is 2. The number of quaternary nitrogens is 1. The quantitative estimate of drug-likeness (QED) is 0.0195. The summed E-state index contributed by atoms with van der Waals surface area (Å²) < 4.78 is 34.5. The van der Waals surface area contributed by atoms with Crippen molar-refractivity contribution in [3.8, 4) is 0 Å². The Morgan fingerprint density at radius 3 is 0.842 bits per heavy atom. The highest BCUT2D eigenvalue weighted by Gasteiger charge is 2.22. The lowest BCUT2D eigenvalue weighted by Crippen LogP contribution is -2.37. The molecule has 0 bridgehead atoms. The first-order valence-corrected chi connectivity index (χ1v) is 45.6. The normalized spacial score (nSPS) is 13.3. The lowest BCUT2D eigenvalue weighted by Gasteiger charge is -2.28. The first-order valence-electron chi connectivity index (χ1n) is 44.1. The van der Waals surface area contributed by atoms with Crippen LogP contribution in [0.15, 0.2) is 72.9 Å². The van der Waals surface area contributed by atoms with Gasteiger partial charge < -0.3 is 27.9 Å². The van der Waals surface area contributed by atoms with Gasteiger partial charge >= 0.3 is 11.9 Å². The average molecular weight is 1440 g/mol. The van der Waals surface area contributed by atoms with E-state index in [4.69, 9.17) is 18.5 Å². The minimum atomic E-state index is -4.65. The summed E-state index contributed by atoms with van der Waals surface area (Å²) in [5.41, 5.74) is 0. The number of likely N-dealkylation sites (N-methyl/N-ethyl adjacent to an activating group) is 1. The fourth-order valence-electron chi connectivity index (χ4n) is 13.3. The predicted octanol–water partition coefficient (Wildman–Crippen LogP) is 29.2. The molecule has 0 aliphatic heterocycles. The smallest absolute Gasteiger partial charge is 0.306 e. The van der Waals surface area contributed by atoms with Crippen LogP contribution in [-0.2, 0) is 32.7 Å². The van der Waals surface area contributed by atoms with Crippen LogP contribution < -0.4 is 4.89 Å². The number of unbranched alkanes of at least 4 members (excludes halogenated alkanes) is 57. The molecule has 0 fully saturated rings. The zero-order chi connectivity index (χ0) is 73.3. The molecule has 0 aliphatic carbocycles. The lowest BCUT2D eigenvalue weighted by molar-refractivity contribution is -0.870. The van der Waals surface area contributed by atoms with Gasteiger partial charge in [-0.05, 0) is 64.2 Å². The van der Waals surface area contributed by atoms with E-state index in [9.17, 15) is 19.0 Å². The third-order valence-corrected chi connectivity index (χ3v) is 21.0. The molecular formula is C91H170NO8P. The molecule has 0 aromatic heterocycles. The number of allylic oxidation sites excluding steroid dienone is 12. The van der Waals surface area contributed by atoms with Crippen molar-refractivity contribution in [3.05, 3.63) is 72.9 Å². The van der Waals surface area contributed by atoms with Gasteiger partial charge in [-0.15, -0.1) is 0 Å². The summed E-state index contributed by atoms with van der Waals surface area (Å²) in [6, 6.07) is 0. The molecule has 0 saturated carbocycles. The molecule has 0 aromatic carbocycles. The first-order chi connectivity index (χ1) is 49.5. The molecule has 2 unspecified atom stereocenters. The van der Waals surface area contributed by atoms with Crippen LogP contribution in [0, 0.1) is 0 Å². The Balaban J connectivity index is 3.86. The number of phosphoric ester groups is 1. The number of rotatable bonds is 83. The van der Waals surface area contributed by atoms with Crippen LogP contribution in [0.3, 0.4) is 0 Å². The molecule has 0 N–H and O–H groups in total. The van der Waals surface area contributed by atoms with Gasteiger partial charge in [-0.1, -0.05) is 440 Å². The van der Waals surface area contributed by atoms with Crippen LogP contribution in [0.5, 0.6) is 0 Å². The average Bonchev–Trinajstić information content (AvgIpc) is 0.973. The van der Waals surface area contributed by atoms with E-state index in [1.54, 1.807) is 0 Å². The summed E-state index contributed by atoms with van der Waals surface area (Å²) in [7, 11) is 1.19. The zero-order valence-electron chi connectivity index (χ0n) is 67.9. The number of nitrogens with zero attached hydrogens (tertiary/aromatic N) is 1. The van der Waals surface area contributed by atoms with Gasteiger partial charge in [0.15, 0.2) is 6.10 Å². The Hall–Kier alpha value is -2.55. The maximum Gasteiger partial charge on any atom is 0.306 e. The summed E-state index contributed by atoms with van der Waals surface area (Å²) in [5.74, 6) is -0.808. The summed E-state index contributed by atoms with van der Waals surface area (Å²) in [5, 5.41) is 0. The van der Waals surface area contributed by atoms with E-state index in [1.165, 1.54) is 340 Å². The van der Waals surface area contributed by atoms with Crippen molar-refractivity contribution in [2.24, 2.45) is 0 Å². The van der Waals surface area contributed by atoms with Crippen LogP contribution in [0.2, 0.25) is 0 Å². The second-order valence-electron chi connectivity index (χ2n) is 31.2. The second-order valence-corrected chi connectivity index (χ2v) is 32.7. The number of hydrogen-bond acceptors (Lipinski definition) is 8. The number of hydrogen-bond donors (Lipinski definition) is 0. The Labute approximate surface area is 629 Å². The minimum Gasteiger partial charge on any atom is -0.756 e. The molecule has 592 valence electrons. The van der Waals surface area contributed by atoms with Gasteiger partial charge in [-0.25, -0.2) is 0 Å². The van der Waals surface area contributed by atoms with Crippen LogP contribution in [0.25, 0.3) is 0 Å². The molecule has 0 radical (unpaired) electrons. The highest BCUT2D eigenvalue weighted by Crippen LogP contribution is 2.38. The van der Waals surface area contributed by atoms with Crippen molar-refractivity contribution in [1.29, 1.82) is 0 Å². The standard InChI is InChI=1S/C91H170NO8P/c1-6-8-10-12-14-16-18-20-22-24-26-28-30-32-34-36-38-40-42-44-46-48-50-52-54-56-58-60-62-64-66-68-70-72-74-76-78-80-82-84-91(94)100-89(88-99-101(95,96)98-86-85-92(3,4)5)87-97-90(93)83-81-79-77-75-73-71-69-67-65-63-61-59-57-55-53-51-49-47-45-43-41-39-37-35-33-31-29-27-25-23-21-19-17-15-13-11-9-7-2/h8,10,14,16,20,22,26,28,32,34,38,40,89H,6-7,9,11-13,15,17-19,21,23-25,27,29-31,33,35-37,39,41-88H2,1-5H3/b10-8-,16-14-,22-20-,28-26-,34-32-,40-38-. The summed E-state index contributed by atoms with van der Waals surface area (Å²) in [4.78, 5) is 38.3. The fraction of sp³-hybridized carbons (Fsp3) is 0.846. The van der Waals surface area contributed by atoms with Crippen molar-refractivity contribution in [2.75, 3.05) is 47.5 Å². The molecule has 0 spiro atoms. The van der Waals surface area contributed by atoms with Crippen molar-refractivity contribution in [2.45, 2.75) is 450 Å². The van der Waals surface area contributed by atoms with Gasteiger partial charge in [0.1, 0.15) is 19.8 Å². The van der Waals surface area contributed by atoms with Gasteiger partial charge in [0.2, 0.25) is 0 Å². The van der Waals surface area contributed by atoms with E-state index in [0.717, 1.165) is 70.6 Å². The number of carbonyl (C=O) groups excluding carboxylic acids is 2. The third-order valence-electron chi connectivity index (χ3n) is 20.0. The number of esters is 2. The molecule has 2 atom stereocenters. The highest BCUT2D eigenvalue weighted by atomic mass is 31.2. The van der Waals surface area contributed by atoms with Crippen LogP contribution in [0.1, 0.15) is 444 Å². The number of ether oxygens (including phenoxy) is 2. The van der Waals surface area contributed by atoms with Gasteiger partial charge in [-0.3, -0.25) is 14.2 Å². The maximum absolute atomic E-state index is 12.9. The van der Waals surface area contributed by atoms with Crippen molar-refractivity contribution < 1.29 is 42.1 Å². The zero-order valence-corrected chi connectivity index (χ0v) is 68.8. The van der Waals surface area contributed by atoms with Crippen molar-refractivity contribution in [1.82, 2.24) is 0 Å². The molecule has 0 amide bonds. The van der Waals surface area contributed by atoms with Crippen LogP contribution in [0.4, 0.5) is 0 Å². The van der Waals surface area contributed by atoms with Gasteiger partial charge in [0, 0.05) is 12.8 Å². The Morgan fingerprint density at radius 2 is 0.564 bits per heavy atom. The Morgan fingerprint density at radius 1 is 0.317 bits per heavy atom. The van der Waals surface area contributed by atoms with Crippen LogP contribution in [-0.4, -0.2) is 70.0 Å². The minimum absolute atomic E-state index is 0.0287. The molecule has 0 saturated heterocycles. The SMILES string of the molecule is CC/C=C\C/C=C\C/C=C\C/C=C\C/C=C\C/C=C\CCCCCCCCCCCCCCCCCCCCCCC(=O)OC(COC(=O)CCCCCCCCCCCCCCCCCCCCCCCCCCCCCCCCCCCCCCCC)COP(=O)([O-])OCC[N+](C)(C)C. The molecular weight excluding hydrogens is 1270 g/mol. The summed E-state index contributed by atoms with van der Waals surface area (Å²) >= 11 is 0. The first kappa shape index (κ1) is 98.5. The monoisotopic (exact) mass is 1440 g/mol. The van der Waals surface area contributed by atoms with Crippen LogP contribution >= 0.6 is 7.82 Å². The molecule has 0 aliphatic rings. The van der Waals surface area contributed by atoms with E-state index >= 15 is 0 Å². The second kappa shape index (κ2) is 81.5. The molecule has 0 rings (SSSR count). The van der Waals surface area contributed by atoms with Gasteiger partial charge in [0.05, 0.1) is 27.7 Å². The van der Waals surface area contributed by atoms with E-state index in [0.29, 0.717) is 17.4 Å². The summed E-state index contributed by atoms with van der Waals surface area (Å²) in [6.07, 6.45) is 112. The molecule has 10 heteroatoms. The number of phosphoric acid groups is 1. The fourth-order valence-corrected chi connectivity index (χ4v) is 14.0. The largest absolute Gasteiger partial charge is 0.756 e. The summed E-state index contributed by atoms with van der Waals surface area (Å²) in [6.45, 7) is 4.21. The predicted molar refractivity (Wildman–Crippen MR) is 439 cm³/mol. The van der Waals surface area contributed by atoms with Gasteiger partial charge in [-0.2, -0.15) is 0 Å². The van der Waals surface area contributed by atoms with E-state index in [1.807, 2.05) is 21.1 Å². The Bertz CT molecular complexity index is 1940. The molecule has 0 aromatic rings. The lowest BCUT2D eigenvalue weighted by atomic mass is 10.0. The Kier molecular flexibility index (Phi) is 79.5.